The number of rotatable bonds is 2. The third-order valence-electron chi connectivity index (χ3n) is 1.70. The monoisotopic (exact) mass is 140 g/mol. The number of Topliss-reactive ketones (excluding diaryl/α,β-unsaturated/α-hetero) is 1. The van der Waals surface area contributed by atoms with Crippen molar-refractivity contribution in [2.45, 2.75) is 13.3 Å². The molecule has 0 amide bonds. The number of allylic oxidation sites excluding steroid dienone is 1. The summed E-state index contributed by atoms with van der Waals surface area (Å²) in [6, 6.07) is 0. The highest BCUT2D eigenvalue weighted by Gasteiger charge is 2.17. The van der Waals surface area contributed by atoms with Crippen molar-refractivity contribution in [3.8, 4) is 0 Å². The van der Waals surface area contributed by atoms with Gasteiger partial charge in [0.05, 0.1) is 6.54 Å². The topological polar surface area (TPSA) is 55.1 Å². The fraction of sp³-hybridized carbons (Fsp3) is 0.571. The summed E-state index contributed by atoms with van der Waals surface area (Å²) in [4.78, 5) is 11.0. The maximum atomic E-state index is 11.0. The van der Waals surface area contributed by atoms with Crippen molar-refractivity contribution in [1.82, 2.24) is 5.32 Å². The molecule has 0 fully saturated rings. The number of hydrogen-bond acceptors (Lipinski definition) is 3. The van der Waals surface area contributed by atoms with E-state index < -0.39 is 0 Å². The molecule has 0 atom stereocenters. The first kappa shape index (κ1) is 7.28. The zero-order valence-electron chi connectivity index (χ0n) is 6.11. The molecule has 0 aromatic carbocycles. The highest BCUT2D eigenvalue weighted by atomic mass is 16.1. The number of carbonyl (C=O) groups excluding carboxylic acids is 1. The van der Waals surface area contributed by atoms with E-state index in [4.69, 9.17) is 5.73 Å². The van der Waals surface area contributed by atoms with Gasteiger partial charge in [-0.25, -0.2) is 0 Å². The normalized spacial score (nSPS) is 18.0. The molecule has 0 aliphatic carbocycles. The van der Waals surface area contributed by atoms with E-state index in [1.807, 2.05) is 6.92 Å². The van der Waals surface area contributed by atoms with Crippen molar-refractivity contribution in [3.63, 3.8) is 0 Å². The van der Waals surface area contributed by atoms with Crippen LogP contribution in [0.15, 0.2) is 11.3 Å². The predicted molar refractivity (Wildman–Crippen MR) is 39.4 cm³/mol. The van der Waals surface area contributed by atoms with Crippen molar-refractivity contribution >= 4 is 5.78 Å². The van der Waals surface area contributed by atoms with Crippen molar-refractivity contribution < 1.29 is 4.79 Å². The van der Waals surface area contributed by atoms with Crippen molar-refractivity contribution in [1.29, 1.82) is 0 Å². The molecule has 0 saturated carbocycles. The smallest absolute Gasteiger partial charge is 0.179 e. The highest BCUT2D eigenvalue weighted by molar-refractivity contribution is 5.99. The lowest BCUT2D eigenvalue weighted by molar-refractivity contribution is -0.114. The van der Waals surface area contributed by atoms with E-state index in [0.29, 0.717) is 19.5 Å². The maximum absolute atomic E-state index is 11.0. The molecule has 0 aromatic rings. The SMILES string of the molecule is CC1=C(CCN)C(=O)CN1. The molecule has 3 N–H and O–H groups in total. The quantitative estimate of drug-likeness (QED) is 0.557. The van der Waals surface area contributed by atoms with Crippen LogP contribution in [0.2, 0.25) is 0 Å². The van der Waals surface area contributed by atoms with Gasteiger partial charge in [-0.15, -0.1) is 0 Å². The second-order valence-corrected chi connectivity index (χ2v) is 2.42. The van der Waals surface area contributed by atoms with Crippen molar-refractivity contribution in [3.05, 3.63) is 11.3 Å². The summed E-state index contributed by atoms with van der Waals surface area (Å²) in [7, 11) is 0. The molecule has 10 heavy (non-hydrogen) atoms. The van der Waals surface area contributed by atoms with E-state index in [2.05, 4.69) is 5.32 Å². The molecule has 3 heteroatoms. The van der Waals surface area contributed by atoms with Gasteiger partial charge in [-0.3, -0.25) is 4.79 Å². The highest BCUT2D eigenvalue weighted by Crippen LogP contribution is 2.11. The van der Waals surface area contributed by atoms with Crippen molar-refractivity contribution in [2.75, 3.05) is 13.1 Å². The van der Waals surface area contributed by atoms with Gasteiger partial charge in [0.25, 0.3) is 0 Å². The maximum Gasteiger partial charge on any atom is 0.179 e. The Morgan fingerprint density at radius 3 is 2.80 bits per heavy atom. The number of ketones is 1. The Kier molecular flexibility index (Phi) is 2.06. The van der Waals surface area contributed by atoms with Gasteiger partial charge in [0.15, 0.2) is 5.78 Å². The average Bonchev–Trinajstić information content (AvgIpc) is 2.20. The van der Waals surface area contributed by atoms with E-state index >= 15 is 0 Å². The molecule has 1 aliphatic rings. The second kappa shape index (κ2) is 2.84. The average molecular weight is 140 g/mol. The zero-order valence-corrected chi connectivity index (χ0v) is 6.11. The number of carbonyl (C=O) groups is 1. The van der Waals surface area contributed by atoms with Gasteiger partial charge in [-0.1, -0.05) is 0 Å². The Bertz CT molecular complexity index is 184. The predicted octanol–water partition coefficient (Wildman–Crippen LogP) is -0.219. The summed E-state index contributed by atoms with van der Waals surface area (Å²) in [6.45, 7) is 2.93. The fourth-order valence-corrected chi connectivity index (χ4v) is 1.11. The molecule has 0 aromatic heterocycles. The molecule has 0 saturated heterocycles. The van der Waals surface area contributed by atoms with E-state index in [0.717, 1.165) is 11.3 Å². The molecule has 0 spiro atoms. The first-order valence-corrected chi connectivity index (χ1v) is 3.42. The second-order valence-electron chi connectivity index (χ2n) is 2.42. The van der Waals surface area contributed by atoms with Crippen LogP contribution in [0.3, 0.4) is 0 Å². The summed E-state index contributed by atoms with van der Waals surface area (Å²) in [5, 5.41) is 2.98. The van der Waals surface area contributed by atoms with Crippen LogP contribution in [0.1, 0.15) is 13.3 Å². The van der Waals surface area contributed by atoms with Crippen LogP contribution < -0.4 is 11.1 Å². The largest absolute Gasteiger partial charge is 0.381 e. The Morgan fingerprint density at radius 1 is 1.70 bits per heavy atom. The van der Waals surface area contributed by atoms with Crippen LogP contribution in [-0.4, -0.2) is 18.9 Å². The Hall–Kier alpha value is -0.830. The summed E-state index contributed by atoms with van der Waals surface area (Å²) in [6.07, 6.45) is 0.706. The summed E-state index contributed by atoms with van der Waals surface area (Å²) in [5.41, 5.74) is 7.19. The van der Waals surface area contributed by atoms with E-state index in [1.54, 1.807) is 0 Å². The van der Waals surface area contributed by atoms with Crippen LogP contribution in [0, 0.1) is 0 Å². The summed E-state index contributed by atoms with van der Waals surface area (Å²) < 4.78 is 0. The first-order valence-electron chi connectivity index (χ1n) is 3.42. The Labute approximate surface area is 60.3 Å². The van der Waals surface area contributed by atoms with Gasteiger partial charge < -0.3 is 11.1 Å². The van der Waals surface area contributed by atoms with Gasteiger partial charge in [0.1, 0.15) is 0 Å². The molecule has 3 nitrogen and oxygen atoms in total. The lowest BCUT2D eigenvalue weighted by Gasteiger charge is -1.96. The summed E-state index contributed by atoms with van der Waals surface area (Å²) in [5.74, 6) is 0.197. The summed E-state index contributed by atoms with van der Waals surface area (Å²) >= 11 is 0. The van der Waals surface area contributed by atoms with E-state index in [1.165, 1.54) is 0 Å². The standard InChI is InChI=1S/C7H12N2O/c1-5-6(2-3-8)7(10)4-9-5/h9H,2-4,8H2,1H3. The van der Waals surface area contributed by atoms with Crippen LogP contribution in [0.25, 0.3) is 0 Å². The van der Waals surface area contributed by atoms with Crippen LogP contribution in [-0.2, 0) is 4.79 Å². The van der Waals surface area contributed by atoms with Crippen molar-refractivity contribution in [2.24, 2.45) is 5.73 Å². The minimum atomic E-state index is 0.197. The molecule has 1 heterocycles. The minimum absolute atomic E-state index is 0.197. The van der Waals surface area contributed by atoms with Crippen LogP contribution >= 0.6 is 0 Å². The number of hydrogen-bond donors (Lipinski definition) is 2. The lowest BCUT2D eigenvalue weighted by Crippen LogP contribution is -2.11. The van der Waals surface area contributed by atoms with Gasteiger partial charge in [-0.2, -0.15) is 0 Å². The molecule has 1 rings (SSSR count). The fourth-order valence-electron chi connectivity index (χ4n) is 1.11. The molecule has 0 unspecified atom stereocenters. The Morgan fingerprint density at radius 2 is 2.40 bits per heavy atom. The molecule has 56 valence electrons. The molecular formula is C7H12N2O. The van der Waals surface area contributed by atoms with Crippen LogP contribution in [0.5, 0.6) is 0 Å². The first-order chi connectivity index (χ1) is 4.75. The number of nitrogens with two attached hydrogens (primary N) is 1. The minimum Gasteiger partial charge on any atom is -0.381 e. The zero-order chi connectivity index (χ0) is 7.56. The number of nitrogens with one attached hydrogen (secondary N) is 1. The molecule has 1 aliphatic heterocycles. The van der Waals surface area contributed by atoms with Gasteiger partial charge in [-0.05, 0) is 19.9 Å². The Balaban J connectivity index is 2.68. The molecule has 0 bridgehead atoms. The molecule has 0 radical (unpaired) electrons. The van der Waals surface area contributed by atoms with Gasteiger partial charge >= 0.3 is 0 Å². The van der Waals surface area contributed by atoms with Gasteiger partial charge in [0, 0.05) is 11.3 Å². The molecular weight excluding hydrogens is 128 g/mol. The third-order valence-corrected chi connectivity index (χ3v) is 1.70. The van der Waals surface area contributed by atoms with E-state index in [9.17, 15) is 4.79 Å². The van der Waals surface area contributed by atoms with Gasteiger partial charge in [0.2, 0.25) is 0 Å². The lowest BCUT2D eigenvalue weighted by atomic mass is 10.1. The third kappa shape index (κ3) is 1.19. The van der Waals surface area contributed by atoms with Crippen LogP contribution in [0.4, 0.5) is 0 Å². The van der Waals surface area contributed by atoms with E-state index in [-0.39, 0.29) is 5.78 Å².